The predicted molar refractivity (Wildman–Crippen MR) is 43.5 cm³/mol. The van der Waals surface area contributed by atoms with Crippen LogP contribution < -0.4 is 0 Å². The highest BCUT2D eigenvalue weighted by Crippen LogP contribution is 2.69. The van der Waals surface area contributed by atoms with Crippen LogP contribution in [0.4, 0.5) is 0 Å². The van der Waals surface area contributed by atoms with Gasteiger partial charge in [0.2, 0.25) is 0 Å². The van der Waals surface area contributed by atoms with Crippen molar-refractivity contribution in [2.75, 3.05) is 13.2 Å². The van der Waals surface area contributed by atoms with Crippen molar-refractivity contribution in [3.05, 3.63) is 0 Å². The molecule has 1 aliphatic heterocycles. The van der Waals surface area contributed by atoms with Gasteiger partial charge in [0.25, 0.3) is 0 Å². The molecule has 0 aliphatic carbocycles. The minimum Gasteiger partial charge on any atom is -0.302 e. The molecular formula is C2H7O10P3. The van der Waals surface area contributed by atoms with Gasteiger partial charge in [0.05, 0.1) is 13.2 Å². The number of hydrogen-bond acceptors (Lipinski definition) is 7. The summed E-state index contributed by atoms with van der Waals surface area (Å²) in [6, 6.07) is 0. The number of rotatable bonds is 4. The summed E-state index contributed by atoms with van der Waals surface area (Å²) in [6.07, 6.45) is 0. The molecule has 1 atom stereocenters. The molecule has 1 heterocycles. The molecular weight excluding hydrogens is 277 g/mol. The van der Waals surface area contributed by atoms with E-state index in [1.54, 1.807) is 0 Å². The maximum atomic E-state index is 11.2. The topological polar surface area (TPSA) is 149 Å². The molecule has 90 valence electrons. The highest BCUT2D eigenvalue weighted by atomic mass is 31.3. The van der Waals surface area contributed by atoms with Crippen molar-refractivity contribution in [2.24, 2.45) is 0 Å². The van der Waals surface area contributed by atoms with Crippen LogP contribution in [-0.2, 0) is 31.4 Å². The van der Waals surface area contributed by atoms with E-state index in [0.29, 0.717) is 0 Å². The van der Waals surface area contributed by atoms with E-state index in [-0.39, 0.29) is 13.2 Å². The third kappa shape index (κ3) is 4.84. The minimum atomic E-state index is -5.24. The number of phosphoric ester groups is 1. The van der Waals surface area contributed by atoms with Gasteiger partial charge in [-0.25, -0.2) is 13.7 Å². The zero-order chi connectivity index (χ0) is 11.7. The summed E-state index contributed by atoms with van der Waals surface area (Å²) in [5.74, 6) is 0. The Bertz CT molecular complexity index is 357. The molecule has 0 radical (unpaired) electrons. The van der Waals surface area contributed by atoms with E-state index in [2.05, 4.69) is 17.7 Å². The zero-order valence-corrected chi connectivity index (χ0v) is 9.64. The van der Waals surface area contributed by atoms with Crippen molar-refractivity contribution >= 4 is 23.5 Å². The lowest BCUT2D eigenvalue weighted by atomic mass is 10.8. The first-order chi connectivity index (χ1) is 6.62. The van der Waals surface area contributed by atoms with Gasteiger partial charge in [-0.2, -0.15) is 8.62 Å². The van der Waals surface area contributed by atoms with Crippen molar-refractivity contribution in [2.45, 2.75) is 0 Å². The van der Waals surface area contributed by atoms with E-state index in [1.807, 2.05) is 0 Å². The molecule has 0 aromatic rings. The molecule has 1 aliphatic rings. The normalized spacial score (nSPS) is 25.0. The third-order valence-electron chi connectivity index (χ3n) is 0.995. The smallest absolute Gasteiger partial charge is 0.302 e. The Morgan fingerprint density at radius 1 is 1.13 bits per heavy atom. The van der Waals surface area contributed by atoms with Gasteiger partial charge in [-0.05, 0) is 0 Å². The fourth-order valence-electron chi connectivity index (χ4n) is 0.658. The largest absolute Gasteiger partial charge is 0.490 e. The third-order valence-corrected chi connectivity index (χ3v) is 5.29. The van der Waals surface area contributed by atoms with Gasteiger partial charge < -0.3 is 14.7 Å². The SMILES string of the molecule is O=P(O)(O)OP(=O)(O)OP1(=O)OCCO1. The summed E-state index contributed by atoms with van der Waals surface area (Å²) in [5, 5.41) is 0. The van der Waals surface area contributed by atoms with Crippen LogP contribution in [0, 0.1) is 0 Å². The number of phosphoric acid groups is 3. The van der Waals surface area contributed by atoms with Crippen molar-refractivity contribution in [3.8, 4) is 0 Å². The minimum absolute atomic E-state index is 0.132. The van der Waals surface area contributed by atoms with Crippen molar-refractivity contribution in [1.29, 1.82) is 0 Å². The maximum absolute atomic E-state index is 11.2. The Labute approximate surface area is 83.6 Å². The van der Waals surface area contributed by atoms with Gasteiger partial charge >= 0.3 is 23.5 Å². The highest BCUT2D eigenvalue weighted by molar-refractivity contribution is 7.66. The standard InChI is InChI=1S/C2H7O10P3/c3-13(4,5)11-14(6,7)12-15(8)9-1-2-10-15/h1-2H2,(H,6,7)(H2,3,4,5). The van der Waals surface area contributed by atoms with E-state index in [4.69, 9.17) is 14.7 Å². The van der Waals surface area contributed by atoms with Gasteiger partial charge in [0.1, 0.15) is 0 Å². The van der Waals surface area contributed by atoms with Crippen LogP contribution in [0.5, 0.6) is 0 Å². The van der Waals surface area contributed by atoms with Gasteiger partial charge in [-0.3, -0.25) is 9.05 Å². The molecule has 0 aromatic heterocycles. The molecule has 1 rings (SSSR count). The van der Waals surface area contributed by atoms with E-state index in [0.717, 1.165) is 0 Å². The summed E-state index contributed by atoms with van der Waals surface area (Å²) in [6.45, 7) is -0.264. The molecule has 13 heteroatoms. The molecule has 1 fully saturated rings. The lowest BCUT2D eigenvalue weighted by Gasteiger charge is -2.14. The van der Waals surface area contributed by atoms with Crippen LogP contribution in [-0.4, -0.2) is 27.9 Å². The molecule has 0 amide bonds. The zero-order valence-electron chi connectivity index (χ0n) is 6.96. The molecule has 15 heavy (non-hydrogen) atoms. The maximum Gasteiger partial charge on any atom is 0.490 e. The second-order valence-electron chi connectivity index (χ2n) is 2.24. The Balaban J connectivity index is 2.68. The van der Waals surface area contributed by atoms with Gasteiger partial charge in [-0.1, -0.05) is 0 Å². The van der Waals surface area contributed by atoms with Crippen LogP contribution in [0.3, 0.4) is 0 Å². The first kappa shape index (κ1) is 13.5. The monoisotopic (exact) mass is 284 g/mol. The molecule has 0 spiro atoms. The van der Waals surface area contributed by atoms with Crippen LogP contribution >= 0.6 is 23.5 Å². The lowest BCUT2D eigenvalue weighted by molar-refractivity contribution is 0.200. The Morgan fingerprint density at radius 2 is 1.60 bits per heavy atom. The number of hydrogen-bond donors (Lipinski definition) is 3. The van der Waals surface area contributed by atoms with Crippen molar-refractivity contribution in [3.63, 3.8) is 0 Å². The predicted octanol–water partition coefficient (Wildman–Crippen LogP) is 0.368. The summed E-state index contributed by atoms with van der Waals surface area (Å²) in [4.78, 5) is 25.2. The summed E-state index contributed by atoms with van der Waals surface area (Å²) in [7, 11) is -14.7. The summed E-state index contributed by atoms with van der Waals surface area (Å²) < 4.78 is 48.2. The molecule has 1 unspecified atom stereocenters. The van der Waals surface area contributed by atoms with Crippen LogP contribution in [0.2, 0.25) is 0 Å². The molecule has 1 saturated heterocycles. The average molecular weight is 284 g/mol. The fraction of sp³-hybridized carbons (Fsp3) is 1.00. The second-order valence-corrected chi connectivity index (χ2v) is 6.87. The second kappa shape index (κ2) is 4.35. The van der Waals surface area contributed by atoms with Crippen molar-refractivity contribution in [1.82, 2.24) is 0 Å². The summed E-state index contributed by atoms with van der Waals surface area (Å²) in [5.41, 5.74) is 0. The van der Waals surface area contributed by atoms with Crippen LogP contribution in [0.15, 0.2) is 0 Å². The average Bonchev–Trinajstić information content (AvgIpc) is 2.27. The quantitative estimate of drug-likeness (QED) is 0.617. The summed E-state index contributed by atoms with van der Waals surface area (Å²) >= 11 is 0. The van der Waals surface area contributed by atoms with Crippen molar-refractivity contribution < 1.29 is 46.0 Å². The van der Waals surface area contributed by atoms with E-state index < -0.39 is 23.5 Å². The van der Waals surface area contributed by atoms with E-state index in [1.165, 1.54) is 0 Å². The molecule has 0 saturated carbocycles. The Morgan fingerprint density at radius 3 is 2.00 bits per heavy atom. The Hall–Kier alpha value is 0.410. The van der Waals surface area contributed by atoms with Gasteiger partial charge in [0, 0.05) is 0 Å². The molecule has 10 nitrogen and oxygen atoms in total. The fourth-order valence-corrected chi connectivity index (χ4v) is 4.18. The lowest BCUT2D eigenvalue weighted by Crippen LogP contribution is -1.93. The first-order valence-corrected chi connectivity index (χ1v) is 7.81. The molecule has 0 bridgehead atoms. The van der Waals surface area contributed by atoms with E-state index in [9.17, 15) is 13.7 Å². The van der Waals surface area contributed by atoms with E-state index >= 15 is 0 Å². The van der Waals surface area contributed by atoms with Crippen LogP contribution in [0.1, 0.15) is 0 Å². The Kier molecular flexibility index (Phi) is 3.91. The molecule has 3 N–H and O–H groups in total. The molecule has 0 aromatic carbocycles. The highest BCUT2D eigenvalue weighted by Gasteiger charge is 2.44. The van der Waals surface area contributed by atoms with Gasteiger partial charge in [0.15, 0.2) is 0 Å². The first-order valence-electron chi connectivity index (χ1n) is 3.32. The van der Waals surface area contributed by atoms with Gasteiger partial charge in [-0.15, -0.1) is 0 Å². The van der Waals surface area contributed by atoms with Crippen LogP contribution in [0.25, 0.3) is 0 Å².